The summed E-state index contributed by atoms with van der Waals surface area (Å²) in [5, 5.41) is 6.24. The summed E-state index contributed by atoms with van der Waals surface area (Å²) in [5.41, 5.74) is 3.14. The number of hydrogen-bond acceptors (Lipinski definition) is 5. The lowest BCUT2D eigenvalue weighted by molar-refractivity contribution is -0.122. The Morgan fingerprint density at radius 3 is 2.28 bits per heavy atom. The van der Waals surface area contributed by atoms with Crippen LogP contribution in [0.1, 0.15) is 22.6 Å². The van der Waals surface area contributed by atoms with Gasteiger partial charge in [-0.1, -0.05) is 30.3 Å². The number of carbonyl (C=O) groups excluding carboxylic acids is 1. The third-order valence-corrected chi connectivity index (χ3v) is 5.69. The lowest BCUT2D eigenvalue weighted by Gasteiger charge is -2.21. The van der Waals surface area contributed by atoms with Gasteiger partial charge >= 0.3 is 0 Å². The number of rotatable bonds is 7. The first kappa shape index (κ1) is 21.5. The summed E-state index contributed by atoms with van der Waals surface area (Å²) in [6, 6.07) is 17.1. The molecule has 4 rings (SSSR count). The summed E-state index contributed by atoms with van der Waals surface area (Å²) < 4.78 is 30.2. The number of amides is 1. The molecule has 1 aliphatic heterocycles. The first-order valence-electron chi connectivity index (χ1n) is 10.2. The molecule has 2 unspecified atom stereocenters. The van der Waals surface area contributed by atoms with E-state index in [2.05, 4.69) is 10.6 Å². The molecule has 7 heteroatoms. The first-order chi connectivity index (χ1) is 15.5. The van der Waals surface area contributed by atoms with Gasteiger partial charge in [0.05, 0.1) is 33.4 Å². The van der Waals surface area contributed by atoms with Crippen molar-refractivity contribution in [1.82, 2.24) is 5.32 Å². The van der Waals surface area contributed by atoms with Crippen LogP contribution < -0.4 is 24.8 Å². The van der Waals surface area contributed by atoms with Crippen LogP contribution >= 0.6 is 0 Å². The predicted octanol–water partition coefficient (Wildman–Crippen LogP) is 4.09. The van der Waals surface area contributed by atoms with E-state index < -0.39 is 6.04 Å². The molecule has 0 bridgehead atoms. The molecule has 3 aromatic carbocycles. The number of anilines is 1. The minimum Gasteiger partial charge on any atom is -0.496 e. The van der Waals surface area contributed by atoms with Crippen molar-refractivity contribution < 1.29 is 23.4 Å². The van der Waals surface area contributed by atoms with Gasteiger partial charge in [-0.25, -0.2) is 4.39 Å². The number of nitrogens with one attached hydrogen (secondary N) is 2. The Morgan fingerprint density at radius 2 is 1.66 bits per heavy atom. The standard InChI is InChI=1S/C25H25FN2O4/c1-30-17-12-21(31-2)19(22(13-17)32-3)14-27-25(29)24-23(15-7-5-4-6-8-15)18-11-16(26)9-10-20(18)28-24/h4-13,23-24,28H,14H2,1-3H3,(H,27,29). The van der Waals surface area contributed by atoms with Crippen molar-refractivity contribution in [2.24, 2.45) is 0 Å². The lowest BCUT2D eigenvalue weighted by atomic mass is 9.87. The maximum absolute atomic E-state index is 14.0. The first-order valence-corrected chi connectivity index (χ1v) is 10.2. The molecular weight excluding hydrogens is 411 g/mol. The molecule has 2 N–H and O–H groups in total. The second-order valence-corrected chi connectivity index (χ2v) is 7.47. The smallest absolute Gasteiger partial charge is 0.243 e. The van der Waals surface area contributed by atoms with Gasteiger partial charge in [0.1, 0.15) is 29.1 Å². The molecular formula is C25H25FN2O4. The Balaban J connectivity index is 1.61. The van der Waals surface area contributed by atoms with Crippen LogP contribution in [-0.4, -0.2) is 33.3 Å². The van der Waals surface area contributed by atoms with Crippen LogP contribution in [0.15, 0.2) is 60.7 Å². The van der Waals surface area contributed by atoms with Crippen molar-refractivity contribution in [2.75, 3.05) is 26.6 Å². The van der Waals surface area contributed by atoms with Gasteiger partial charge in [0.2, 0.25) is 5.91 Å². The Bertz CT molecular complexity index is 1100. The predicted molar refractivity (Wildman–Crippen MR) is 120 cm³/mol. The van der Waals surface area contributed by atoms with Gasteiger partial charge in [-0.2, -0.15) is 0 Å². The second kappa shape index (κ2) is 9.18. The van der Waals surface area contributed by atoms with Gasteiger partial charge in [-0.15, -0.1) is 0 Å². The van der Waals surface area contributed by atoms with E-state index in [1.165, 1.54) is 12.1 Å². The zero-order valence-electron chi connectivity index (χ0n) is 18.1. The molecule has 0 radical (unpaired) electrons. The number of carbonyl (C=O) groups is 1. The van der Waals surface area contributed by atoms with Crippen LogP contribution in [0, 0.1) is 5.82 Å². The van der Waals surface area contributed by atoms with Crippen LogP contribution in [0.25, 0.3) is 0 Å². The number of hydrogen-bond donors (Lipinski definition) is 2. The molecule has 0 saturated heterocycles. The summed E-state index contributed by atoms with van der Waals surface area (Å²) in [6.07, 6.45) is 0. The summed E-state index contributed by atoms with van der Waals surface area (Å²) >= 11 is 0. The van der Waals surface area contributed by atoms with E-state index in [4.69, 9.17) is 14.2 Å². The molecule has 32 heavy (non-hydrogen) atoms. The summed E-state index contributed by atoms with van der Waals surface area (Å²) in [7, 11) is 4.66. The van der Waals surface area contributed by atoms with Crippen molar-refractivity contribution >= 4 is 11.6 Å². The molecule has 1 heterocycles. The van der Waals surface area contributed by atoms with Crippen molar-refractivity contribution in [3.8, 4) is 17.2 Å². The molecule has 6 nitrogen and oxygen atoms in total. The van der Waals surface area contributed by atoms with E-state index in [0.29, 0.717) is 22.8 Å². The van der Waals surface area contributed by atoms with E-state index in [0.717, 1.165) is 16.8 Å². The molecule has 1 amide bonds. The minimum absolute atomic E-state index is 0.194. The fourth-order valence-corrected chi connectivity index (χ4v) is 4.14. The topological polar surface area (TPSA) is 68.8 Å². The number of halogens is 1. The number of benzene rings is 3. The molecule has 0 aliphatic carbocycles. The molecule has 0 aromatic heterocycles. The highest BCUT2D eigenvalue weighted by Crippen LogP contribution is 2.41. The normalized spacial score (nSPS) is 16.6. The molecule has 1 aliphatic rings. The molecule has 0 spiro atoms. The molecule has 2 atom stereocenters. The van der Waals surface area contributed by atoms with Crippen molar-refractivity contribution in [3.63, 3.8) is 0 Å². The second-order valence-electron chi connectivity index (χ2n) is 7.47. The largest absolute Gasteiger partial charge is 0.496 e. The van der Waals surface area contributed by atoms with Crippen LogP contribution in [0.3, 0.4) is 0 Å². The fraction of sp³-hybridized carbons (Fsp3) is 0.240. The molecule has 0 saturated carbocycles. The summed E-state index contributed by atoms with van der Waals surface area (Å²) in [4.78, 5) is 13.3. The van der Waals surface area contributed by atoms with Crippen LogP contribution in [0.2, 0.25) is 0 Å². The zero-order chi connectivity index (χ0) is 22.7. The van der Waals surface area contributed by atoms with Crippen molar-refractivity contribution in [3.05, 3.63) is 83.2 Å². The summed E-state index contributed by atoms with van der Waals surface area (Å²) in [5.74, 6) is 0.821. The van der Waals surface area contributed by atoms with Gasteiger partial charge in [-0.05, 0) is 29.3 Å². The van der Waals surface area contributed by atoms with Gasteiger partial charge in [-0.3, -0.25) is 4.79 Å². The highest BCUT2D eigenvalue weighted by molar-refractivity contribution is 5.89. The van der Waals surface area contributed by atoms with Crippen LogP contribution in [-0.2, 0) is 11.3 Å². The minimum atomic E-state index is -0.593. The van der Waals surface area contributed by atoms with E-state index in [1.54, 1.807) is 39.5 Å². The highest BCUT2D eigenvalue weighted by atomic mass is 19.1. The van der Waals surface area contributed by atoms with E-state index in [9.17, 15) is 9.18 Å². The maximum Gasteiger partial charge on any atom is 0.243 e. The van der Waals surface area contributed by atoms with Crippen molar-refractivity contribution in [2.45, 2.75) is 18.5 Å². The fourth-order valence-electron chi connectivity index (χ4n) is 4.14. The van der Waals surface area contributed by atoms with Gasteiger partial charge in [0.15, 0.2) is 0 Å². The molecule has 166 valence electrons. The van der Waals surface area contributed by atoms with E-state index in [-0.39, 0.29) is 24.2 Å². The number of fused-ring (bicyclic) bond motifs is 1. The van der Waals surface area contributed by atoms with Gasteiger partial charge < -0.3 is 24.8 Å². The lowest BCUT2D eigenvalue weighted by Crippen LogP contribution is -2.40. The van der Waals surface area contributed by atoms with Crippen LogP contribution in [0.5, 0.6) is 17.2 Å². The zero-order valence-corrected chi connectivity index (χ0v) is 18.1. The maximum atomic E-state index is 14.0. The molecule has 0 fully saturated rings. The van der Waals surface area contributed by atoms with Gasteiger partial charge in [0, 0.05) is 23.7 Å². The number of ether oxygens (including phenoxy) is 3. The third kappa shape index (κ3) is 4.06. The molecule has 3 aromatic rings. The Kier molecular flexibility index (Phi) is 6.16. The Morgan fingerprint density at radius 1 is 0.969 bits per heavy atom. The van der Waals surface area contributed by atoms with Crippen molar-refractivity contribution in [1.29, 1.82) is 0 Å². The van der Waals surface area contributed by atoms with Crippen LogP contribution in [0.4, 0.5) is 10.1 Å². The quantitative estimate of drug-likeness (QED) is 0.584. The Labute approximate surface area is 186 Å². The van der Waals surface area contributed by atoms with E-state index >= 15 is 0 Å². The monoisotopic (exact) mass is 436 g/mol. The average Bonchev–Trinajstić information content (AvgIpc) is 3.21. The third-order valence-electron chi connectivity index (χ3n) is 5.69. The van der Waals surface area contributed by atoms with Gasteiger partial charge in [0.25, 0.3) is 0 Å². The highest BCUT2D eigenvalue weighted by Gasteiger charge is 2.38. The SMILES string of the molecule is COc1cc(OC)c(CNC(=O)C2Nc3ccc(F)cc3C2c2ccccc2)c(OC)c1. The number of methoxy groups -OCH3 is 3. The summed E-state index contributed by atoms with van der Waals surface area (Å²) in [6.45, 7) is 0.194. The van der Waals surface area contributed by atoms with E-state index in [1.807, 2.05) is 30.3 Å². The Hall–Kier alpha value is -3.74. The average molecular weight is 436 g/mol.